The highest BCUT2D eigenvalue weighted by Crippen LogP contribution is 2.08. The summed E-state index contributed by atoms with van der Waals surface area (Å²) in [5.74, 6) is 0. The molecule has 2 aromatic rings. The molecule has 0 aliphatic carbocycles. The van der Waals surface area contributed by atoms with Gasteiger partial charge in [0.2, 0.25) is 0 Å². The molecule has 1 fully saturated rings. The van der Waals surface area contributed by atoms with Gasteiger partial charge in [0.1, 0.15) is 0 Å². The summed E-state index contributed by atoms with van der Waals surface area (Å²) >= 11 is 0. The summed E-state index contributed by atoms with van der Waals surface area (Å²) in [6, 6.07) is 10.2. The molecule has 0 atom stereocenters. The van der Waals surface area contributed by atoms with Crippen LogP contribution in [0.15, 0.2) is 42.7 Å². The Labute approximate surface area is 126 Å². The summed E-state index contributed by atoms with van der Waals surface area (Å²) in [6.07, 6.45) is 8.04. The molecule has 2 heterocycles. The molecule has 0 bridgehead atoms. The molecule has 1 N–H and O–H groups in total. The number of hydrogen-bond acceptors (Lipinski definition) is 3. The van der Waals surface area contributed by atoms with Crippen LogP contribution in [0, 0.1) is 0 Å². The average molecular weight is 284 g/mol. The molecule has 1 aromatic heterocycles. The zero-order valence-electron chi connectivity index (χ0n) is 12.5. The van der Waals surface area contributed by atoms with E-state index in [1.807, 2.05) is 29.1 Å². The molecule has 3 rings (SSSR count). The molecule has 4 nitrogen and oxygen atoms in total. The van der Waals surface area contributed by atoms with Gasteiger partial charge in [-0.15, -0.1) is 0 Å². The van der Waals surface area contributed by atoms with E-state index in [4.69, 9.17) is 0 Å². The van der Waals surface area contributed by atoms with Crippen LogP contribution in [0.1, 0.15) is 24.8 Å². The zero-order valence-corrected chi connectivity index (χ0v) is 12.5. The summed E-state index contributed by atoms with van der Waals surface area (Å²) in [4.78, 5) is 2.56. The Hall–Kier alpha value is -1.65. The van der Waals surface area contributed by atoms with Crippen molar-refractivity contribution >= 4 is 0 Å². The molecule has 4 heteroatoms. The third-order valence-electron chi connectivity index (χ3n) is 4.01. The minimum absolute atomic E-state index is 0.896. The fourth-order valence-corrected chi connectivity index (χ4v) is 2.84. The number of para-hydroxylation sites is 1. The maximum atomic E-state index is 4.42. The molecule has 0 unspecified atom stereocenters. The van der Waals surface area contributed by atoms with E-state index in [-0.39, 0.29) is 0 Å². The fourth-order valence-electron chi connectivity index (χ4n) is 2.84. The first kappa shape index (κ1) is 14.3. The lowest BCUT2D eigenvalue weighted by molar-refractivity contribution is 0.331. The molecule has 0 radical (unpaired) electrons. The Morgan fingerprint density at radius 2 is 1.90 bits per heavy atom. The molecular weight excluding hydrogens is 260 g/mol. The predicted octanol–water partition coefficient (Wildman–Crippen LogP) is 2.45. The minimum atomic E-state index is 0.896. The molecule has 112 valence electrons. The van der Waals surface area contributed by atoms with Gasteiger partial charge < -0.3 is 10.2 Å². The van der Waals surface area contributed by atoms with Gasteiger partial charge in [0.25, 0.3) is 0 Å². The molecule has 1 aliphatic rings. The van der Waals surface area contributed by atoms with Crippen molar-refractivity contribution in [2.24, 2.45) is 0 Å². The van der Waals surface area contributed by atoms with Crippen molar-refractivity contribution in [1.29, 1.82) is 0 Å². The normalized spacial score (nSPS) is 15.6. The second kappa shape index (κ2) is 7.38. The van der Waals surface area contributed by atoms with Gasteiger partial charge in [-0.1, -0.05) is 18.2 Å². The number of aromatic nitrogens is 2. The Bertz CT molecular complexity index is 529. The van der Waals surface area contributed by atoms with E-state index in [1.54, 1.807) is 0 Å². The van der Waals surface area contributed by atoms with Crippen LogP contribution >= 0.6 is 0 Å². The van der Waals surface area contributed by atoms with E-state index < -0.39 is 0 Å². The van der Waals surface area contributed by atoms with E-state index in [1.165, 1.54) is 44.5 Å². The summed E-state index contributed by atoms with van der Waals surface area (Å²) in [6.45, 7) is 5.80. The van der Waals surface area contributed by atoms with E-state index in [9.17, 15) is 0 Å². The van der Waals surface area contributed by atoms with Crippen LogP contribution in [0.4, 0.5) is 0 Å². The first-order chi connectivity index (χ1) is 10.4. The van der Waals surface area contributed by atoms with E-state index in [0.717, 1.165) is 18.8 Å². The topological polar surface area (TPSA) is 33.1 Å². The predicted molar refractivity (Wildman–Crippen MR) is 85.6 cm³/mol. The summed E-state index contributed by atoms with van der Waals surface area (Å²) < 4.78 is 1.93. The first-order valence-electron chi connectivity index (χ1n) is 7.94. The number of rotatable bonds is 7. The van der Waals surface area contributed by atoms with Gasteiger partial charge in [-0.25, -0.2) is 4.68 Å². The summed E-state index contributed by atoms with van der Waals surface area (Å²) in [5, 5.41) is 7.93. The minimum Gasteiger partial charge on any atom is -0.313 e. The molecule has 0 spiro atoms. The fraction of sp³-hybridized carbons (Fsp3) is 0.471. The van der Waals surface area contributed by atoms with E-state index in [0.29, 0.717) is 0 Å². The number of nitrogens with zero attached hydrogens (tertiary/aromatic N) is 3. The molecular formula is C17H24N4. The van der Waals surface area contributed by atoms with Crippen LogP contribution in [0.3, 0.4) is 0 Å². The standard InChI is InChI=1S/C17H24N4/c1-2-7-17(8-3-1)21-15-16(14-19-21)13-18-9-6-12-20-10-4-5-11-20/h1-3,7-8,14-15,18H,4-6,9-13H2. The van der Waals surface area contributed by atoms with Gasteiger partial charge in [0.05, 0.1) is 11.9 Å². The van der Waals surface area contributed by atoms with Crippen LogP contribution in [-0.4, -0.2) is 40.9 Å². The maximum absolute atomic E-state index is 4.42. The highest BCUT2D eigenvalue weighted by Gasteiger charge is 2.09. The van der Waals surface area contributed by atoms with Gasteiger partial charge in [-0.3, -0.25) is 0 Å². The van der Waals surface area contributed by atoms with Gasteiger partial charge in [-0.05, 0) is 57.6 Å². The maximum Gasteiger partial charge on any atom is 0.0645 e. The summed E-state index contributed by atoms with van der Waals surface area (Å²) in [7, 11) is 0. The molecule has 1 saturated heterocycles. The van der Waals surface area contributed by atoms with Crippen molar-refractivity contribution in [1.82, 2.24) is 20.0 Å². The Morgan fingerprint density at radius 3 is 2.71 bits per heavy atom. The first-order valence-corrected chi connectivity index (χ1v) is 7.94. The number of nitrogens with one attached hydrogen (secondary N) is 1. The Balaban J connectivity index is 1.39. The van der Waals surface area contributed by atoms with Gasteiger partial charge in [0.15, 0.2) is 0 Å². The van der Waals surface area contributed by atoms with Gasteiger partial charge in [0, 0.05) is 18.3 Å². The Kier molecular flexibility index (Phi) is 5.03. The smallest absolute Gasteiger partial charge is 0.0645 e. The molecule has 1 aliphatic heterocycles. The van der Waals surface area contributed by atoms with Gasteiger partial charge >= 0.3 is 0 Å². The largest absolute Gasteiger partial charge is 0.313 e. The molecule has 0 saturated carbocycles. The van der Waals surface area contributed by atoms with Crippen LogP contribution in [0.2, 0.25) is 0 Å². The third-order valence-corrected chi connectivity index (χ3v) is 4.01. The highest BCUT2D eigenvalue weighted by molar-refractivity contribution is 5.30. The lowest BCUT2D eigenvalue weighted by Crippen LogP contribution is -2.24. The van der Waals surface area contributed by atoms with Gasteiger partial charge in [-0.2, -0.15) is 5.10 Å². The van der Waals surface area contributed by atoms with Crippen molar-refractivity contribution < 1.29 is 0 Å². The molecule has 21 heavy (non-hydrogen) atoms. The van der Waals surface area contributed by atoms with Crippen LogP contribution in [0.25, 0.3) is 5.69 Å². The Morgan fingerprint density at radius 1 is 1.10 bits per heavy atom. The monoisotopic (exact) mass is 284 g/mol. The van der Waals surface area contributed by atoms with Crippen molar-refractivity contribution in [2.75, 3.05) is 26.2 Å². The quantitative estimate of drug-likeness (QED) is 0.793. The lowest BCUT2D eigenvalue weighted by atomic mass is 10.3. The molecule has 1 aromatic carbocycles. The van der Waals surface area contributed by atoms with Crippen molar-refractivity contribution in [3.8, 4) is 5.69 Å². The second-order valence-corrected chi connectivity index (χ2v) is 5.71. The van der Waals surface area contributed by atoms with Crippen LogP contribution in [0.5, 0.6) is 0 Å². The van der Waals surface area contributed by atoms with E-state index >= 15 is 0 Å². The second-order valence-electron chi connectivity index (χ2n) is 5.71. The zero-order chi connectivity index (χ0) is 14.3. The van der Waals surface area contributed by atoms with Crippen LogP contribution in [-0.2, 0) is 6.54 Å². The summed E-state index contributed by atoms with van der Waals surface area (Å²) in [5.41, 5.74) is 2.35. The highest BCUT2D eigenvalue weighted by atomic mass is 15.3. The number of likely N-dealkylation sites (tertiary alicyclic amines) is 1. The number of hydrogen-bond donors (Lipinski definition) is 1. The number of benzene rings is 1. The molecule has 0 amide bonds. The average Bonchev–Trinajstić information content (AvgIpc) is 3.19. The van der Waals surface area contributed by atoms with Crippen molar-refractivity contribution in [2.45, 2.75) is 25.8 Å². The third kappa shape index (κ3) is 4.16. The van der Waals surface area contributed by atoms with Crippen LogP contribution < -0.4 is 5.32 Å². The van der Waals surface area contributed by atoms with E-state index in [2.05, 4.69) is 33.6 Å². The lowest BCUT2D eigenvalue weighted by Gasteiger charge is -2.14. The SMILES string of the molecule is c1ccc(-n2cc(CNCCCN3CCCC3)cn2)cc1. The van der Waals surface area contributed by atoms with Crippen molar-refractivity contribution in [3.05, 3.63) is 48.3 Å². The van der Waals surface area contributed by atoms with Crippen molar-refractivity contribution in [3.63, 3.8) is 0 Å².